The third-order valence-electron chi connectivity index (χ3n) is 4.11. The van der Waals surface area contributed by atoms with Gasteiger partial charge in [0.15, 0.2) is 0 Å². The highest BCUT2D eigenvalue weighted by Crippen LogP contribution is 2.34. The first-order valence-electron chi connectivity index (χ1n) is 7.38. The zero-order valence-corrected chi connectivity index (χ0v) is 14.8. The fourth-order valence-corrected chi connectivity index (χ4v) is 3.50. The molecule has 0 bridgehead atoms. The molecule has 0 saturated carbocycles. The molecule has 0 radical (unpaired) electrons. The van der Waals surface area contributed by atoms with Gasteiger partial charge in [-0.2, -0.15) is 0 Å². The standard InChI is InChI=1S/C20H13BrClN/c1-12-6-9-16-17(22)11-18(23-20(16)19(12)21)15-8-7-13-4-2-3-5-14(13)10-15/h2-11H,1H3. The van der Waals surface area contributed by atoms with E-state index < -0.39 is 0 Å². The van der Waals surface area contributed by atoms with Crippen LogP contribution in [0.2, 0.25) is 5.02 Å². The second-order valence-corrected chi connectivity index (χ2v) is 6.84. The Kier molecular flexibility index (Phi) is 3.59. The molecule has 0 aliphatic carbocycles. The first-order valence-corrected chi connectivity index (χ1v) is 8.55. The third-order valence-corrected chi connectivity index (χ3v) is 5.42. The molecule has 4 aromatic rings. The van der Waals surface area contributed by atoms with Gasteiger partial charge in [-0.1, -0.05) is 60.1 Å². The highest BCUT2D eigenvalue weighted by molar-refractivity contribution is 9.10. The first kappa shape index (κ1) is 14.7. The fourth-order valence-electron chi connectivity index (χ4n) is 2.81. The van der Waals surface area contributed by atoms with Gasteiger partial charge < -0.3 is 0 Å². The average molecular weight is 383 g/mol. The molecule has 0 unspecified atom stereocenters. The van der Waals surface area contributed by atoms with Gasteiger partial charge in [-0.15, -0.1) is 0 Å². The van der Waals surface area contributed by atoms with E-state index in [2.05, 4.69) is 59.3 Å². The van der Waals surface area contributed by atoms with E-state index in [4.69, 9.17) is 16.6 Å². The summed E-state index contributed by atoms with van der Waals surface area (Å²) in [5, 5.41) is 4.11. The van der Waals surface area contributed by atoms with Crippen molar-refractivity contribution in [2.45, 2.75) is 6.92 Å². The van der Waals surface area contributed by atoms with Crippen molar-refractivity contribution in [1.82, 2.24) is 4.98 Å². The van der Waals surface area contributed by atoms with Crippen molar-refractivity contribution in [3.8, 4) is 11.3 Å². The maximum absolute atomic E-state index is 6.49. The topological polar surface area (TPSA) is 12.9 Å². The SMILES string of the molecule is Cc1ccc2c(Cl)cc(-c3ccc4ccccc4c3)nc2c1Br. The lowest BCUT2D eigenvalue weighted by Crippen LogP contribution is -1.90. The van der Waals surface area contributed by atoms with Crippen LogP contribution in [0.15, 0.2) is 65.1 Å². The van der Waals surface area contributed by atoms with E-state index in [-0.39, 0.29) is 0 Å². The van der Waals surface area contributed by atoms with Crippen molar-refractivity contribution in [3.05, 3.63) is 75.7 Å². The molecule has 1 aromatic heterocycles. The smallest absolute Gasteiger partial charge is 0.0869 e. The Labute approximate surface area is 148 Å². The minimum absolute atomic E-state index is 0.721. The van der Waals surface area contributed by atoms with Gasteiger partial charge in [0.1, 0.15) is 0 Å². The van der Waals surface area contributed by atoms with Gasteiger partial charge in [0.2, 0.25) is 0 Å². The Morgan fingerprint density at radius 3 is 2.52 bits per heavy atom. The average Bonchev–Trinajstić information content (AvgIpc) is 2.58. The van der Waals surface area contributed by atoms with Gasteiger partial charge in [-0.05, 0) is 51.3 Å². The van der Waals surface area contributed by atoms with Crippen LogP contribution >= 0.6 is 27.5 Å². The maximum Gasteiger partial charge on any atom is 0.0869 e. The number of rotatable bonds is 1. The summed E-state index contributed by atoms with van der Waals surface area (Å²) in [6, 6.07) is 20.7. The molecule has 0 fully saturated rings. The van der Waals surface area contributed by atoms with Crippen LogP contribution in [0.5, 0.6) is 0 Å². The van der Waals surface area contributed by atoms with Crippen molar-refractivity contribution in [2.24, 2.45) is 0 Å². The van der Waals surface area contributed by atoms with Crippen LogP contribution in [-0.4, -0.2) is 4.98 Å². The summed E-state index contributed by atoms with van der Waals surface area (Å²) in [6.07, 6.45) is 0. The highest BCUT2D eigenvalue weighted by Gasteiger charge is 2.10. The summed E-state index contributed by atoms with van der Waals surface area (Å²) in [6.45, 7) is 2.06. The van der Waals surface area contributed by atoms with Gasteiger partial charge in [-0.3, -0.25) is 0 Å². The number of nitrogens with zero attached hydrogens (tertiary/aromatic N) is 1. The van der Waals surface area contributed by atoms with Crippen molar-refractivity contribution in [2.75, 3.05) is 0 Å². The van der Waals surface area contributed by atoms with Crippen molar-refractivity contribution in [1.29, 1.82) is 0 Å². The van der Waals surface area contributed by atoms with Crippen molar-refractivity contribution >= 4 is 49.2 Å². The normalized spacial score (nSPS) is 11.3. The zero-order chi connectivity index (χ0) is 16.0. The number of aryl methyl sites for hydroxylation is 1. The molecule has 0 aliphatic rings. The van der Waals surface area contributed by atoms with Gasteiger partial charge in [0.05, 0.1) is 16.2 Å². The molecule has 4 rings (SSSR count). The number of aromatic nitrogens is 1. The molecule has 1 heterocycles. The summed E-state index contributed by atoms with van der Waals surface area (Å²) in [7, 11) is 0. The molecule has 0 N–H and O–H groups in total. The Hall–Kier alpha value is -1.90. The summed E-state index contributed by atoms with van der Waals surface area (Å²) in [5.41, 5.74) is 4.01. The van der Waals surface area contributed by atoms with Crippen LogP contribution in [0.3, 0.4) is 0 Å². The predicted octanol–water partition coefficient (Wildman–Crippen LogP) is 6.78. The monoisotopic (exact) mass is 381 g/mol. The number of pyridine rings is 1. The lowest BCUT2D eigenvalue weighted by atomic mass is 10.0. The summed E-state index contributed by atoms with van der Waals surface area (Å²) in [5.74, 6) is 0. The van der Waals surface area contributed by atoms with E-state index in [9.17, 15) is 0 Å². The van der Waals surface area contributed by atoms with Gasteiger partial charge >= 0.3 is 0 Å². The van der Waals surface area contributed by atoms with E-state index in [1.807, 2.05) is 24.3 Å². The Morgan fingerprint density at radius 2 is 1.70 bits per heavy atom. The second-order valence-electron chi connectivity index (χ2n) is 5.64. The Bertz CT molecular complexity index is 1060. The molecular formula is C20H13BrClN. The molecule has 23 heavy (non-hydrogen) atoms. The van der Waals surface area contributed by atoms with Gasteiger partial charge in [0, 0.05) is 15.4 Å². The van der Waals surface area contributed by atoms with Crippen LogP contribution in [0.1, 0.15) is 5.56 Å². The zero-order valence-electron chi connectivity index (χ0n) is 12.5. The molecule has 0 spiro atoms. The van der Waals surface area contributed by atoms with Gasteiger partial charge in [-0.25, -0.2) is 4.98 Å². The molecule has 112 valence electrons. The number of hydrogen-bond donors (Lipinski definition) is 0. The molecule has 0 saturated heterocycles. The number of fused-ring (bicyclic) bond motifs is 2. The largest absolute Gasteiger partial charge is 0.246 e. The Balaban J connectivity index is 1.98. The summed E-state index contributed by atoms with van der Waals surface area (Å²) in [4.78, 5) is 4.84. The predicted molar refractivity (Wildman–Crippen MR) is 102 cm³/mol. The van der Waals surface area contributed by atoms with Crippen molar-refractivity contribution in [3.63, 3.8) is 0 Å². The Morgan fingerprint density at radius 1 is 0.913 bits per heavy atom. The van der Waals surface area contributed by atoms with Crippen LogP contribution in [0, 0.1) is 6.92 Å². The fraction of sp³-hybridized carbons (Fsp3) is 0.0500. The molecule has 0 amide bonds. The van der Waals surface area contributed by atoms with Crippen LogP contribution in [-0.2, 0) is 0 Å². The molecule has 3 aromatic carbocycles. The minimum atomic E-state index is 0.721. The molecule has 1 nitrogen and oxygen atoms in total. The van der Waals surface area contributed by atoms with Crippen LogP contribution in [0.25, 0.3) is 32.9 Å². The number of halogens is 2. The third kappa shape index (κ3) is 2.52. The molecular weight excluding hydrogens is 370 g/mol. The van der Waals surface area contributed by atoms with Crippen LogP contribution < -0.4 is 0 Å². The van der Waals surface area contributed by atoms with E-state index in [0.717, 1.165) is 37.2 Å². The number of hydrogen-bond acceptors (Lipinski definition) is 1. The second kappa shape index (κ2) is 5.63. The quantitative estimate of drug-likeness (QED) is 0.353. The summed E-state index contributed by atoms with van der Waals surface area (Å²) < 4.78 is 1.000. The highest BCUT2D eigenvalue weighted by atomic mass is 79.9. The lowest BCUT2D eigenvalue weighted by molar-refractivity contribution is 1.36. The van der Waals surface area contributed by atoms with E-state index >= 15 is 0 Å². The lowest BCUT2D eigenvalue weighted by Gasteiger charge is -2.09. The molecule has 0 aliphatic heterocycles. The number of benzene rings is 3. The molecule has 0 atom stereocenters. The van der Waals surface area contributed by atoms with E-state index in [1.165, 1.54) is 10.8 Å². The van der Waals surface area contributed by atoms with Crippen LogP contribution in [0.4, 0.5) is 0 Å². The van der Waals surface area contributed by atoms with Crippen molar-refractivity contribution < 1.29 is 0 Å². The first-order chi connectivity index (χ1) is 11.1. The minimum Gasteiger partial charge on any atom is -0.246 e. The van der Waals surface area contributed by atoms with E-state index in [0.29, 0.717) is 0 Å². The summed E-state index contributed by atoms with van der Waals surface area (Å²) >= 11 is 10.1. The molecule has 3 heteroatoms. The maximum atomic E-state index is 6.49. The van der Waals surface area contributed by atoms with E-state index in [1.54, 1.807) is 0 Å². The van der Waals surface area contributed by atoms with Gasteiger partial charge in [0.25, 0.3) is 0 Å².